The van der Waals surface area contributed by atoms with E-state index in [1.807, 2.05) is 7.11 Å². The molecule has 0 aliphatic heterocycles. The summed E-state index contributed by atoms with van der Waals surface area (Å²) in [6.07, 6.45) is 6.86. The third-order valence-corrected chi connectivity index (χ3v) is 8.56. The van der Waals surface area contributed by atoms with E-state index in [4.69, 9.17) is 4.43 Å². The van der Waals surface area contributed by atoms with Gasteiger partial charge in [0.25, 0.3) is 8.48 Å². The van der Waals surface area contributed by atoms with Crippen molar-refractivity contribution in [2.45, 2.75) is 70.5 Å². The smallest absolute Gasteiger partial charge is 0.270 e. The Labute approximate surface area is 96.0 Å². The molecule has 1 unspecified atom stereocenters. The maximum Gasteiger partial charge on any atom is 0.270 e. The van der Waals surface area contributed by atoms with Crippen LogP contribution in [0.2, 0.25) is 11.6 Å². The molecule has 15 heavy (non-hydrogen) atoms. The molecule has 1 atom stereocenters. The third kappa shape index (κ3) is 3.30. The van der Waals surface area contributed by atoms with Gasteiger partial charge in [-0.3, -0.25) is 0 Å². The molecule has 90 valence electrons. The van der Waals surface area contributed by atoms with Gasteiger partial charge in [-0.15, -0.1) is 0 Å². The van der Waals surface area contributed by atoms with Gasteiger partial charge in [0.05, 0.1) is 0 Å². The van der Waals surface area contributed by atoms with Gasteiger partial charge in [0.15, 0.2) is 0 Å². The monoisotopic (exact) mass is 229 g/mol. The van der Waals surface area contributed by atoms with Crippen molar-refractivity contribution < 1.29 is 4.43 Å². The van der Waals surface area contributed by atoms with Crippen LogP contribution in [0, 0.1) is 0 Å². The lowest BCUT2D eigenvalue weighted by Crippen LogP contribution is -2.60. The lowest BCUT2D eigenvalue weighted by molar-refractivity contribution is 0.320. The van der Waals surface area contributed by atoms with Crippen molar-refractivity contribution in [3.8, 4) is 0 Å². The van der Waals surface area contributed by atoms with Crippen molar-refractivity contribution in [2.24, 2.45) is 0 Å². The Morgan fingerprint density at radius 2 is 1.67 bits per heavy atom. The van der Waals surface area contributed by atoms with Crippen molar-refractivity contribution in [3.63, 3.8) is 0 Å². The van der Waals surface area contributed by atoms with E-state index in [1.54, 1.807) is 0 Å². The minimum atomic E-state index is -1.76. The molecule has 0 aromatic heterocycles. The lowest BCUT2D eigenvalue weighted by atomic mass is 9.96. The van der Waals surface area contributed by atoms with E-state index in [-0.39, 0.29) is 5.04 Å². The highest BCUT2D eigenvalue weighted by Crippen LogP contribution is 2.35. The van der Waals surface area contributed by atoms with Crippen LogP contribution < -0.4 is 4.98 Å². The average molecular weight is 229 g/mol. The van der Waals surface area contributed by atoms with Crippen LogP contribution in [0.15, 0.2) is 0 Å². The molecule has 2 nitrogen and oxygen atoms in total. The van der Waals surface area contributed by atoms with Gasteiger partial charge >= 0.3 is 0 Å². The van der Waals surface area contributed by atoms with Gasteiger partial charge in [-0.2, -0.15) is 0 Å². The predicted octanol–water partition coefficient (Wildman–Crippen LogP) is 3.43. The van der Waals surface area contributed by atoms with Crippen molar-refractivity contribution in [1.29, 1.82) is 0 Å². The Morgan fingerprint density at radius 3 is 2.07 bits per heavy atom. The molecular weight excluding hydrogens is 202 g/mol. The minimum absolute atomic E-state index is 0.263. The van der Waals surface area contributed by atoms with Crippen LogP contribution in [0.5, 0.6) is 0 Å². The molecule has 0 aromatic carbocycles. The summed E-state index contributed by atoms with van der Waals surface area (Å²) >= 11 is 0. The molecule has 1 N–H and O–H groups in total. The van der Waals surface area contributed by atoms with Gasteiger partial charge in [-0.1, -0.05) is 40.0 Å². The number of rotatable bonds is 3. The SMILES string of the molecule is CO[Si](C)(NC1CCCCC1)C(C)(C)C. The van der Waals surface area contributed by atoms with E-state index >= 15 is 0 Å². The average Bonchev–Trinajstić information content (AvgIpc) is 2.17. The Hall–Kier alpha value is 0.137. The fourth-order valence-corrected chi connectivity index (χ4v) is 4.45. The van der Waals surface area contributed by atoms with Gasteiger partial charge in [0.2, 0.25) is 0 Å². The molecular formula is C12H27NOSi. The van der Waals surface area contributed by atoms with Gasteiger partial charge in [0.1, 0.15) is 0 Å². The Kier molecular flexibility index (Phi) is 4.38. The number of hydrogen-bond donors (Lipinski definition) is 1. The van der Waals surface area contributed by atoms with Crippen LogP contribution in [0.25, 0.3) is 0 Å². The minimum Gasteiger partial charge on any atom is -0.406 e. The zero-order valence-corrected chi connectivity index (χ0v) is 12.0. The molecule has 0 spiro atoms. The summed E-state index contributed by atoms with van der Waals surface area (Å²) < 4.78 is 5.83. The van der Waals surface area contributed by atoms with Crippen LogP contribution in [0.1, 0.15) is 52.9 Å². The summed E-state index contributed by atoms with van der Waals surface area (Å²) in [7, 11) is 0.106. The molecule has 0 bridgehead atoms. The fraction of sp³-hybridized carbons (Fsp3) is 1.00. The van der Waals surface area contributed by atoms with Crippen molar-refractivity contribution in [1.82, 2.24) is 4.98 Å². The second-order valence-electron chi connectivity index (χ2n) is 5.97. The lowest BCUT2D eigenvalue weighted by Gasteiger charge is -2.42. The van der Waals surface area contributed by atoms with E-state index in [9.17, 15) is 0 Å². The molecule has 0 amide bonds. The van der Waals surface area contributed by atoms with E-state index in [0.717, 1.165) is 0 Å². The summed E-state index contributed by atoms with van der Waals surface area (Å²) in [6, 6.07) is 0.703. The number of hydrogen-bond acceptors (Lipinski definition) is 2. The first kappa shape index (κ1) is 13.2. The van der Waals surface area contributed by atoms with Gasteiger partial charge in [-0.25, -0.2) is 0 Å². The molecule has 0 aromatic rings. The van der Waals surface area contributed by atoms with Crippen molar-refractivity contribution in [2.75, 3.05) is 7.11 Å². The van der Waals surface area contributed by atoms with Crippen molar-refractivity contribution in [3.05, 3.63) is 0 Å². The van der Waals surface area contributed by atoms with E-state index < -0.39 is 8.48 Å². The topological polar surface area (TPSA) is 21.3 Å². The van der Waals surface area contributed by atoms with Crippen LogP contribution in [0.3, 0.4) is 0 Å². The van der Waals surface area contributed by atoms with Crippen LogP contribution in [-0.2, 0) is 4.43 Å². The molecule has 1 saturated carbocycles. The maximum atomic E-state index is 5.83. The normalized spacial score (nSPS) is 23.8. The Morgan fingerprint density at radius 1 is 1.13 bits per heavy atom. The fourth-order valence-electron chi connectivity index (χ4n) is 2.22. The zero-order chi connectivity index (χ0) is 11.5. The first-order valence-electron chi connectivity index (χ1n) is 6.22. The van der Waals surface area contributed by atoms with E-state index in [0.29, 0.717) is 6.04 Å². The predicted molar refractivity (Wildman–Crippen MR) is 68.4 cm³/mol. The molecule has 0 heterocycles. The first-order chi connectivity index (χ1) is 6.89. The summed E-state index contributed by atoms with van der Waals surface area (Å²) in [4.78, 5) is 3.84. The van der Waals surface area contributed by atoms with Crippen LogP contribution in [-0.4, -0.2) is 21.6 Å². The van der Waals surface area contributed by atoms with E-state index in [2.05, 4.69) is 32.3 Å². The molecule has 1 aliphatic rings. The van der Waals surface area contributed by atoms with E-state index in [1.165, 1.54) is 32.1 Å². The highest BCUT2D eigenvalue weighted by atomic mass is 28.4. The first-order valence-corrected chi connectivity index (χ1v) is 8.63. The molecule has 1 fully saturated rings. The largest absolute Gasteiger partial charge is 0.406 e. The zero-order valence-electron chi connectivity index (χ0n) is 11.0. The molecule has 0 radical (unpaired) electrons. The molecule has 3 heteroatoms. The summed E-state index contributed by atoms with van der Waals surface area (Å²) in [5.41, 5.74) is 0. The van der Waals surface area contributed by atoms with Crippen LogP contribution in [0.4, 0.5) is 0 Å². The number of nitrogens with one attached hydrogen (secondary N) is 1. The quantitative estimate of drug-likeness (QED) is 0.749. The summed E-state index contributed by atoms with van der Waals surface area (Å²) in [6.45, 7) is 9.18. The third-order valence-electron chi connectivity index (χ3n) is 3.92. The Bertz CT molecular complexity index is 196. The summed E-state index contributed by atoms with van der Waals surface area (Å²) in [5, 5.41) is 0.263. The van der Waals surface area contributed by atoms with Gasteiger partial charge in [-0.05, 0) is 24.4 Å². The van der Waals surface area contributed by atoms with Gasteiger partial charge in [0, 0.05) is 13.2 Å². The highest BCUT2D eigenvalue weighted by molar-refractivity contribution is 6.73. The molecule has 0 saturated heterocycles. The second kappa shape index (κ2) is 4.98. The highest BCUT2D eigenvalue weighted by Gasteiger charge is 2.43. The molecule has 1 aliphatic carbocycles. The Balaban J connectivity index is 2.58. The maximum absolute atomic E-state index is 5.83. The summed E-state index contributed by atoms with van der Waals surface area (Å²) in [5.74, 6) is 0. The standard InChI is InChI=1S/C12H27NOSi/c1-12(2,3)15(5,14-4)13-11-9-7-6-8-10-11/h11,13H,6-10H2,1-5H3. The van der Waals surface area contributed by atoms with Crippen molar-refractivity contribution >= 4 is 8.48 Å². The second-order valence-corrected chi connectivity index (χ2v) is 10.2. The van der Waals surface area contributed by atoms with Crippen LogP contribution >= 0.6 is 0 Å². The molecule has 1 rings (SSSR count). The van der Waals surface area contributed by atoms with Gasteiger partial charge < -0.3 is 9.41 Å².